The number of methoxy groups -OCH3 is 1. The van der Waals surface area contributed by atoms with Gasteiger partial charge in [0.2, 0.25) is 5.91 Å². The minimum Gasteiger partial charge on any atom is -0.497 e. The summed E-state index contributed by atoms with van der Waals surface area (Å²) in [7, 11) is 1.61. The lowest BCUT2D eigenvalue weighted by Crippen LogP contribution is -2.25. The Bertz CT molecular complexity index is 1220. The zero-order chi connectivity index (χ0) is 22.5. The number of amides is 1. The average molecular weight is 434 g/mol. The van der Waals surface area contributed by atoms with Gasteiger partial charge in [-0.3, -0.25) is 4.79 Å². The normalized spacial score (nSPS) is 11.0. The highest BCUT2D eigenvalue weighted by Crippen LogP contribution is 2.32. The van der Waals surface area contributed by atoms with E-state index in [1.807, 2.05) is 24.3 Å². The summed E-state index contributed by atoms with van der Waals surface area (Å²) < 4.78 is 32.2. The van der Waals surface area contributed by atoms with Gasteiger partial charge < -0.3 is 15.0 Å². The Morgan fingerprint density at radius 1 is 0.938 bits per heavy atom. The Balaban J connectivity index is 1.47. The fraction of sp³-hybridized carbons (Fsp3) is 0.192. The monoisotopic (exact) mass is 434 g/mol. The SMILES string of the molecule is COc1ccc(-c2[nH]c3ccc(F)cc3c2CCC(=O)NCCc2ccc(F)cc2)cc1. The van der Waals surface area contributed by atoms with E-state index in [0.717, 1.165) is 39.0 Å². The van der Waals surface area contributed by atoms with Gasteiger partial charge in [0.05, 0.1) is 7.11 Å². The van der Waals surface area contributed by atoms with Crippen molar-refractivity contribution < 1.29 is 18.3 Å². The molecule has 1 aromatic heterocycles. The minimum absolute atomic E-state index is 0.0847. The van der Waals surface area contributed by atoms with Crippen LogP contribution in [0, 0.1) is 11.6 Å². The van der Waals surface area contributed by atoms with Crippen LogP contribution in [0.2, 0.25) is 0 Å². The Labute approximate surface area is 185 Å². The number of hydrogen-bond acceptors (Lipinski definition) is 2. The third kappa shape index (κ3) is 4.97. The van der Waals surface area contributed by atoms with Gasteiger partial charge in [-0.05, 0) is 84.1 Å². The molecule has 0 saturated carbocycles. The number of rotatable bonds is 8. The van der Waals surface area contributed by atoms with Gasteiger partial charge in [-0.1, -0.05) is 12.1 Å². The second kappa shape index (κ2) is 9.64. The molecular formula is C26H24F2N2O2. The van der Waals surface area contributed by atoms with Gasteiger partial charge in [-0.15, -0.1) is 0 Å². The molecule has 1 heterocycles. The highest BCUT2D eigenvalue weighted by molar-refractivity contribution is 5.91. The molecule has 3 aromatic carbocycles. The summed E-state index contributed by atoms with van der Waals surface area (Å²) in [5, 5.41) is 3.68. The van der Waals surface area contributed by atoms with E-state index >= 15 is 0 Å². The number of H-pyrrole nitrogens is 1. The number of halogens is 2. The number of hydrogen-bond donors (Lipinski definition) is 2. The highest BCUT2D eigenvalue weighted by atomic mass is 19.1. The van der Waals surface area contributed by atoms with Crippen LogP contribution in [0.25, 0.3) is 22.2 Å². The molecule has 0 radical (unpaired) electrons. The third-order valence-electron chi connectivity index (χ3n) is 5.50. The first-order valence-electron chi connectivity index (χ1n) is 10.5. The van der Waals surface area contributed by atoms with Crippen LogP contribution in [0.4, 0.5) is 8.78 Å². The van der Waals surface area contributed by atoms with Crippen LogP contribution in [-0.2, 0) is 17.6 Å². The summed E-state index contributed by atoms with van der Waals surface area (Å²) in [6.07, 6.45) is 1.37. The van der Waals surface area contributed by atoms with Crippen LogP contribution in [0.3, 0.4) is 0 Å². The van der Waals surface area contributed by atoms with Crippen LogP contribution >= 0.6 is 0 Å². The maximum Gasteiger partial charge on any atom is 0.220 e. The number of benzene rings is 3. The summed E-state index contributed by atoms with van der Waals surface area (Å²) in [5.41, 5.74) is 4.49. The van der Waals surface area contributed by atoms with Crippen molar-refractivity contribution in [3.05, 3.63) is 89.5 Å². The van der Waals surface area contributed by atoms with Gasteiger partial charge in [0, 0.05) is 29.6 Å². The van der Waals surface area contributed by atoms with E-state index < -0.39 is 0 Å². The summed E-state index contributed by atoms with van der Waals surface area (Å²) in [5.74, 6) is 0.0694. The van der Waals surface area contributed by atoms with Gasteiger partial charge >= 0.3 is 0 Å². The molecule has 32 heavy (non-hydrogen) atoms. The molecule has 6 heteroatoms. The van der Waals surface area contributed by atoms with E-state index in [2.05, 4.69) is 10.3 Å². The number of fused-ring (bicyclic) bond motifs is 1. The van der Waals surface area contributed by atoms with Crippen molar-refractivity contribution in [3.63, 3.8) is 0 Å². The average Bonchev–Trinajstić information content (AvgIpc) is 3.16. The molecule has 0 aliphatic heterocycles. The van der Waals surface area contributed by atoms with Crippen molar-refractivity contribution in [2.24, 2.45) is 0 Å². The molecule has 0 spiro atoms. The van der Waals surface area contributed by atoms with Crippen molar-refractivity contribution in [2.45, 2.75) is 19.3 Å². The first-order valence-corrected chi connectivity index (χ1v) is 10.5. The van der Waals surface area contributed by atoms with Crippen LogP contribution in [0.15, 0.2) is 66.7 Å². The van der Waals surface area contributed by atoms with Crippen molar-refractivity contribution in [1.82, 2.24) is 10.3 Å². The van der Waals surface area contributed by atoms with Crippen LogP contribution < -0.4 is 10.1 Å². The number of aromatic nitrogens is 1. The zero-order valence-electron chi connectivity index (χ0n) is 17.8. The Morgan fingerprint density at radius 3 is 2.38 bits per heavy atom. The largest absolute Gasteiger partial charge is 0.497 e. The molecule has 4 nitrogen and oxygen atoms in total. The number of nitrogens with one attached hydrogen (secondary N) is 2. The molecule has 0 aliphatic carbocycles. The van der Waals surface area contributed by atoms with Gasteiger partial charge in [-0.25, -0.2) is 8.78 Å². The molecule has 4 aromatic rings. The Hall–Kier alpha value is -3.67. The maximum absolute atomic E-state index is 13.9. The summed E-state index contributed by atoms with van der Waals surface area (Å²) >= 11 is 0. The molecular weight excluding hydrogens is 410 g/mol. The molecule has 0 aliphatic rings. The first kappa shape index (κ1) is 21.6. The fourth-order valence-electron chi connectivity index (χ4n) is 3.81. The van der Waals surface area contributed by atoms with E-state index in [4.69, 9.17) is 4.74 Å². The van der Waals surface area contributed by atoms with Crippen molar-refractivity contribution in [2.75, 3.05) is 13.7 Å². The van der Waals surface area contributed by atoms with Gasteiger partial charge in [-0.2, -0.15) is 0 Å². The molecule has 0 unspecified atom stereocenters. The predicted molar refractivity (Wildman–Crippen MR) is 122 cm³/mol. The summed E-state index contributed by atoms with van der Waals surface area (Å²) in [4.78, 5) is 15.8. The number of carbonyl (C=O) groups excluding carboxylic acids is 1. The topological polar surface area (TPSA) is 54.1 Å². The molecule has 4 rings (SSSR count). The molecule has 164 valence electrons. The second-order valence-corrected chi connectivity index (χ2v) is 7.62. The lowest BCUT2D eigenvalue weighted by atomic mass is 10.0. The van der Waals surface area contributed by atoms with Crippen LogP contribution in [-0.4, -0.2) is 24.5 Å². The first-order chi connectivity index (χ1) is 15.5. The molecule has 0 atom stereocenters. The highest BCUT2D eigenvalue weighted by Gasteiger charge is 2.15. The molecule has 2 N–H and O–H groups in total. The van der Waals surface area contributed by atoms with E-state index in [1.54, 1.807) is 25.3 Å². The number of carbonyl (C=O) groups is 1. The third-order valence-corrected chi connectivity index (χ3v) is 5.50. The predicted octanol–water partition coefficient (Wildman–Crippen LogP) is 5.41. The van der Waals surface area contributed by atoms with Gasteiger partial charge in [0.1, 0.15) is 17.4 Å². The van der Waals surface area contributed by atoms with Crippen LogP contribution in [0.1, 0.15) is 17.5 Å². The van der Waals surface area contributed by atoms with Crippen molar-refractivity contribution in [1.29, 1.82) is 0 Å². The van der Waals surface area contributed by atoms with Crippen molar-refractivity contribution >= 4 is 16.8 Å². The molecule has 1 amide bonds. The quantitative estimate of drug-likeness (QED) is 0.389. The van der Waals surface area contributed by atoms with Crippen LogP contribution in [0.5, 0.6) is 5.75 Å². The number of ether oxygens (including phenoxy) is 1. The summed E-state index contributed by atoms with van der Waals surface area (Å²) in [6, 6.07) is 18.5. The molecule has 0 fully saturated rings. The zero-order valence-corrected chi connectivity index (χ0v) is 17.8. The van der Waals surface area contributed by atoms with E-state index in [9.17, 15) is 13.6 Å². The number of aromatic amines is 1. The number of aryl methyl sites for hydroxylation is 1. The fourth-order valence-corrected chi connectivity index (χ4v) is 3.81. The van der Waals surface area contributed by atoms with E-state index in [1.165, 1.54) is 24.3 Å². The second-order valence-electron chi connectivity index (χ2n) is 7.62. The Morgan fingerprint density at radius 2 is 1.66 bits per heavy atom. The molecule has 0 saturated heterocycles. The minimum atomic E-state index is -0.317. The van der Waals surface area contributed by atoms with E-state index in [-0.39, 0.29) is 24.0 Å². The van der Waals surface area contributed by atoms with Crippen molar-refractivity contribution in [3.8, 4) is 17.0 Å². The van der Waals surface area contributed by atoms with Gasteiger partial charge in [0.25, 0.3) is 0 Å². The lowest BCUT2D eigenvalue weighted by molar-refractivity contribution is -0.121. The maximum atomic E-state index is 13.9. The smallest absolute Gasteiger partial charge is 0.220 e. The molecule has 0 bridgehead atoms. The van der Waals surface area contributed by atoms with Gasteiger partial charge in [0.15, 0.2) is 0 Å². The summed E-state index contributed by atoms with van der Waals surface area (Å²) in [6.45, 7) is 0.471. The van der Waals surface area contributed by atoms with E-state index in [0.29, 0.717) is 19.4 Å². The lowest BCUT2D eigenvalue weighted by Gasteiger charge is -2.08. The standard InChI is InChI=1S/C26H24F2N2O2/c1-32-21-9-4-18(5-10-21)26-22(23-16-20(28)8-12-24(23)30-26)11-13-25(31)29-15-14-17-2-6-19(27)7-3-17/h2-10,12,16,30H,11,13-15H2,1H3,(H,29,31). The Kier molecular flexibility index (Phi) is 6.50.